The highest BCUT2D eigenvalue weighted by Gasteiger charge is 2.12. The van der Waals surface area contributed by atoms with Crippen molar-refractivity contribution in [1.29, 1.82) is 0 Å². The fraction of sp³-hybridized carbons (Fsp3) is 0.167. The second-order valence-corrected chi connectivity index (χ2v) is 5.63. The number of rotatable bonds is 6. The quantitative estimate of drug-likeness (QED) is 0.705. The number of benzene rings is 2. The molecule has 0 unspecified atom stereocenters. The summed E-state index contributed by atoms with van der Waals surface area (Å²) < 4.78 is 5.35. The highest BCUT2D eigenvalue weighted by molar-refractivity contribution is 6.31. The van der Waals surface area contributed by atoms with E-state index >= 15 is 0 Å². The molecule has 7 heteroatoms. The molecule has 1 heterocycles. The van der Waals surface area contributed by atoms with Crippen LogP contribution in [0.3, 0.4) is 0 Å². The number of nitrogens with zero attached hydrogens (tertiary/aromatic N) is 4. The van der Waals surface area contributed by atoms with Gasteiger partial charge in [0.15, 0.2) is 5.82 Å². The van der Waals surface area contributed by atoms with Gasteiger partial charge in [0.05, 0.1) is 19.0 Å². The van der Waals surface area contributed by atoms with Gasteiger partial charge in [0.1, 0.15) is 5.75 Å². The van der Waals surface area contributed by atoms with E-state index < -0.39 is 0 Å². The number of anilines is 4. The van der Waals surface area contributed by atoms with Crippen LogP contribution in [0.25, 0.3) is 0 Å². The first-order valence-corrected chi connectivity index (χ1v) is 8.22. The Morgan fingerprint density at radius 3 is 2.68 bits per heavy atom. The molecule has 1 aromatic heterocycles. The summed E-state index contributed by atoms with van der Waals surface area (Å²) in [5.74, 6) is 1.74. The van der Waals surface area contributed by atoms with Gasteiger partial charge in [-0.15, -0.1) is 5.10 Å². The van der Waals surface area contributed by atoms with Gasteiger partial charge in [-0.05, 0) is 37.3 Å². The number of para-hydroxylation sites is 1. The van der Waals surface area contributed by atoms with Gasteiger partial charge in [-0.25, -0.2) is 0 Å². The molecule has 25 heavy (non-hydrogen) atoms. The Labute approximate surface area is 151 Å². The Balaban J connectivity index is 1.90. The molecule has 0 spiro atoms. The third-order valence-corrected chi connectivity index (χ3v) is 3.83. The zero-order valence-electron chi connectivity index (χ0n) is 14.0. The van der Waals surface area contributed by atoms with Gasteiger partial charge >= 0.3 is 0 Å². The van der Waals surface area contributed by atoms with Gasteiger partial charge in [-0.2, -0.15) is 10.1 Å². The lowest BCUT2D eigenvalue weighted by atomic mass is 10.3. The maximum absolute atomic E-state index is 6.07. The molecule has 0 aliphatic heterocycles. The minimum Gasteiger partial charge on any atom is -0.495 e. The Kier molecular flexibility index (Phi) is 5.30. The lowest BCUT2D eigenvalue weighted by Crippen LogP contribution is -2.19. The third-order valence-electron chi connectivity index (χ3n) is 3.60. The van der Waals surface area contributed by atoms with Crippen molar-refractivity contribution in [3.05, 3.63) is 59.8 Å². The van der Waals surface area contributed by atoms with Gasteiger partial charge in [-0.1, -0.05) is 29.8 Å². The van der Waals surface area contributed by atoms with Crippen LogP contribution in [-0.2, 0) is 0 Å². The number of nitrogens with one attached hydrogen (secondary N) is 1. The number of ether oxygens (including phenoxy) is 1. The topological polar surface area (TPSA) is 63.2 Å². The van der Waals surface area contributed by atoms with Crippen molar-refractivity contribution in [3.8, 4) is 5.75 Å². The van der Waals surface area contributed by atoms with Crippen LogP contribution in [0.4, 0.5) is 23.1 Å². The molecule has 1 N–H and O–H groups in total. The zero-order chi connectivity index (χ0) is 17.6. The fourth-order valence-corrected chi connectivity index (χ4v) is 2.60. The molecule has 2 aromatic carbocycles. The predicted octanol–water partition coefficient (Wildman–Crippen LogP) is 4.44. The Morgan fingerprint density at radius 1 is 1.16 bits per heavy atom. The molecule has 3 rings (SSSR count). The zero-order valence-corrected chi connectivity index (χ0v) is 14.7. The first-order valence-electron chi connectivity index (χ1n) is 7.84. The van der Waals surface area contributed by atoms with Gasteiger partial charge in [0, 0.05) is 17.3 Å². The minimum atomic E-state index is 0.514. The maximum atomic E-state index is 6.07. The van der Waals surface area contributed by atoms with Crippen molar-refractivity contribution in [2.24, 2.45) is 0 Å². The van der Waals surface area contributed by atoms with Gasteiger partial charge < -0.3 is 15.0 Å². The number of methoxy groups -OCH3 is 1. The van der Waals surface area contributed by atoms with Crippen molar-refractivity contribution < 1.29 is 4.74 Å². The number of halogens is 1. The smallest absolute Gasteiger partial charge is 0.251 e. The Bertz CT molecular complexity index is 844. The standard InChI is InChI=1S/C18H18ClN5O/c1-3-24(14-7-5-4-6-8-14)18-22-17(12-20-23-18)21-15-11-13(19)9-10-16(15)25-2/h4-12H,3H2,1-2H3,(H,21,22,23). The lowest BCUT2D eigenvalue weighted by Gasteiger charge is -2.20. The molecule has 0 aliphatic carbocycles. The van der Waals surface area contributed by atoms with E-state index in [0.717, 1.165) is 12.2 Å². The van der Waals surface area contributed by atoms with Gasteiger partial charge in [0.2, 0.25) is 0 Å². The predicted molar refractivity (Wildman–Crippen MR) is 100 cm³/mol. The average Bonchev–Trinajstić information content (AvgIpc) is 2.64. The van der Waals surface area contributed by atoms with Crippen LogP contribution in [-0.4, -0.2) is 28.8 Å². The van der Waals surface area contributed by atoms with Crippen molar-refractivity contribution in [1.82, 2.24) is 15.2 Å². The maximum Gasteiger partial charge on any atom is 0.251 e. The second kappa shape index (κ2) is 7.81. The summed E-state index contributed by atoms with van der Waals surface area (Å²) in [7, 11) is 1.60. The SMILES string of the molecule is CCN(c1ccccc1)c1nncc(Nc2cc(Cl)ccc2OC)n1. The molecular formula is C18H18ClN5O. The molecule has 6 nitrogen and oxygen atoms in total. The van der Waals surface area contributed by atoms with Crippen LogP contribution in [0.1, 0.15) is 6.92 Å². The van der Waals surface area contributed by atoms with Crippen molar-refractivity contribution in [2.75, 3.05) is 23.9 Å². The summed E-state index contributed by atoms with van der Waals surface area (Å²) >= 11 is 6.07. The van der Waals surface area contributed by atoms with E-state index in [1.807, 2.05) is 42.2 Å². The van der Waals surface area contributed by atoms with Gasteiger partial charge in [-0.3, -0.25) is 0 Å². The van der Waals surface area contributed by atoms with Crippen molar-refractivity contribution in [2.45, 2.75) is 6.92 Å². The molecular weight excluding hydrogens is 338 g/mol. The van der Waals surface area contributed by atoms with E-state index in [2.05, 4.69) is 20.5 Å². The average molecular weight is 356 g/mol. The summed E-state index contributed by atoms with van der Waals surface area (Å²) in [6, 6.07) is 15.3. The summed E-state index contributed by atoms with van der Waals surface area (Å²) in [6.07, 6.45) is 1.56. The molecule has 3 aromatic rings. The van der Waals surface area contributed by atoms with Crippen LogP contribution >= 0.6 is 11.6 Å². The van der Waals surface area contributed by atoms with E-state index in [1.54, 1.807) is 31.5 Å². The monoisotopic (exact) mass is 355 g/mol. The number of aromatic nitrogens is 3. The Morgan fingerprint density at radius 2 is 1.96 bits per heavy atom. The van der Waals surface area contributed by atoms with E-state index in [0.29, 0.717) is 28.2 Å². The van der Waals surface area contributed by atoms with E-state index in [9.17, 15) is 0 Å². The van der Waals surface area contributed by atoms with Crippen LogP contribution in [0, 0.1) is 0 Å². The second-order valence-electron chi connectivity index (χ2n) is 5.19. The lowest BCUT2D eigenvalue weighted by molar-refractivity contribution is 0.417. The highest BCUT2D eigenvalue weighted by Crippen LogP contribution is 2.30. The summed E-state index contributed by atoms with van der Waals surface area (Å²) in [5, 5.41) is 12.0. The van der Waals surface area contributed by atoms with Crippen molar-refractivity contribution in [3.63, 3.8) is 0 Å². The Hall–Kier alpha value is -2.86. The molecule has 0 bridgehead atoms. The largest absolute Gasteiger partial charge is 0.495 e. The molecule has 0 atom stereocenters. The van der Waals surface area contributed by atoms with Crippen LogP contribution in [0.2, 0.25) is 5.02 Å². The van der Waals surface area contributed by atoms with Crippen molar-refractivity contribution >= 4 is 34.7 Å². The molecule has 0 saturated carbocycles. The minimum absolute atomic E-state index is 0.514. The van der Waals surface area contributed by atoms with Gasteiger partial charge in [0.25, 0.3) is 5.95 Å². The highest BCUT2D eigenvalue weighted by atomic mass is 35.5. The van der Waals surface area contributed by atoms with E-state index in [-0.39, 0.29) is 0 Å². The number of hydrogen-bond donors (Lipinski definition) is 1. The molecule has 0 amide bonds. The summed E-state index contributed by atoms with van der Waals surface area (Å²) in [5.41, 5.74) is 1.72. The van der Waals surface area contributed by atoms with Crippen LogP contribution in [0.15, 0.2) is 54.7 Å². The molecule has 128 valence electrons. The summed E-state index contributed by atoms with van der Waals surface area (Å²) in [6.45, 7) is 2.76. The van der Waals surface area contributed by atoms with Crippen LogP contribution < -0.4 is 15.0 Å². The normalized spacial score (nSPS) is 10.4. The third kappa shape index (κ3) is 3.97. The first-order chi connectivity index (χ1) is 12.2. The molecule has 0 radical (unpaired) electrons. The fourth-order valence-electron chi connectivity index (χ4n) is 2.43. The first kappa shape index (κ1) is 17.0. The molecule has 0 saturated heterocycles. The van der Waals surface area contributed by atoms with Crippen LogP contribution in [0.5, 0.6) is 5.75 Å². The van der Waals surface area contributed by atoms with E-state index in [1.165, 1.54) is 0 Å². The molecule has 0 aliphatic rings. The summed E-state index contributed by atoms with van der Waals surface area (Å²) in [4.78, 5) is 6.54. The number of hydrogen-bond acceptors (Lipinski definition) is 6. The van der Waals surface area contributed by atoms with E-state index in [4.69, 9.17) is 16.3 Å². The molecule has 0 fully saturated rings.